The zero-order valence-electron chi connectivity index (χ0n) is 7.53. The fourth-order valence-corrected chi connectivity index (χ4v) is 0.951. The minimum atomic E-state index is 0.0789. The van der Waals surface area contributed by atoms with Crippen molar-refractivity contribution < 1.29 is 14.3 Å². The molecule has 0 aliphatic rings. The number of carbonyl (C=O) groups excluding carboxylic acids is 1. The van der Waals surface area contributed by atoms with E-state index >= 15 is 0 Å². The highest BCUT2D eigenvalue weighted by molar-refractivity contribution is 5.51. The van der Waals surface area contributed by atoms with Gasteiger partial charge in [-0.2, -0.15) is 0 Å². The molecule has 0 heterocycles. The van der Waals surface area contributed by atoms with Crippen molar-refractivity contribution in [2.24, 2.45) is 0 Å². The highest BCUT2D eigenvalue weighted by atomic mass is 16.5. The van der Waals surface area contributed by atoms with E-state index in [4.69, 9.17) is 9.47 Å². The highest BCUT2D eigenvalue weighted by Gasteiger charge is 1.95. The van der Waals surface area contributed by atoms with Gasteiger partial charge in [0.2, 0.25) is 0 Å². The summed E-state index contributed by atoms with van der Waals surface area (Å²) in [6.07, 6.45) is 0.716. The molecule has 0 N–H and O–H groups in total. The maximum absolute atomic E-state index is 10.0. The predicted molar refractivity (Wildman–Crippen MR) is 49.2 cm³/mol. The summed E-state index contributed by atoms with van der Waals surface area (Å²) in [7, 11) is 0. The van der Waals surface area contributed by atoms with E-state index in [1.165, 1.54) is 0 Å². The van der Waals surface area contributed by atoms with Crippen LogP contribution < -0.4 is 9.47 Å². The van der Waals surface area contributed by atoms with Crippen molar-refractivity contribution in [3.63, 3.8) is 0 Å². The van der Waals surface area contributed by atoms with Crippen LogP contribution in [0.25, 0.3) is 0 Å². The highest BCUT2D eigenvalue weighted by Crippen LogP contribution is 2.18. The molecule has 1 aromatic carbocycles. The average molecular weight is 180 g/mol. The third kappa shape index (κ3) is 3.15. The quantitative estimate of drug-likeness (QED) is 0.646. The summed E-state index contributed by atoms with van der Waals surface area (Å²) in [5.74, 6) is 1.41. The molecule has 0 atom stereocenters. The fraction of sp³-hybridized carbons (Fsp3) is 0.300. The molecule has 0 unspecified atom stereocenters. The topological polar surface area (TPSA) is 35.5 Å². The van der Waals surface area contributed by atoms with Crippen LogP contribution in [0.1, 0.15) is 6.92 Å². The minimum absolute atomic E-state index is 0.0789. The molecule has 3 heteroatoms. The van der Waals surface area contributed by atoms with E-state index in [-0.39, 0.29) is 6.61 Å². The second-order valence-electron chi connectivity index (χ2n) is 2.39. The zero-order valence-corrected chi connectivity index (χ0v) is 7.53. The number of ether oxygens (including phenoxy) is 2. The summed E-state index contributed by atoms with van der Waals surface area (Å²) in [4.78, 5) is 10.0. The molecule has 0 amide bonds. The average Bonchev–Trinajstić information content (AvgIpc) is 2.16. The Morgan fingerprint density at radius 2 is 2.00 bits per heavy atom. The molecule has 0 bridgehead atoms. The third-order valence-corrected chi connectivity index (χ3v) is 1.43. The van der Waals surface area contributed by atoms with Crippen molar-refractivity contribution in [2.75, 3.05) is 13.2 Å². The molecule has 1 aromatic rings. The van der Waals surface area contributed by atoms with Crippen molar-refractivity contribution in [1.29, 1.82) is 0 Å². The van der Waals surface area contributed by atoms with Crippen LogP contribution in [0.4, 0.5) is 0 Å². The van der Waals surface area contributed by atoms with Crippen molar-refractivity contribution in [2.45, 2.75) is 6.92 Å². The second kappa shape index (κ2) is 5.19. The first kappa shape index (κ1) is 9.58. The largest absolute Gasteiger partial charge is 0.494 e. The van der Waals surface area contributed by atoms with E-state index in [1.54, 1.807) is 12.1 Å². The van der Waals surface area contributed by atoms with Gasteiger partial charge in [-0.15, -0.1) is 0 Å². The third-order valence-electron chi connectivity index (χ3n) is 1.43. The molecule has 0 aliphatic carbocycles. The van der Waals surface area contributed by atoms with E-state index in [0.717, 1.165) is 5.75 Å². The summed E-state index contributed by atoms with van der Waals surface area (Å²) in [5.41, 5.74) is 0. The van der Waals surface area contributed by atoms with Crippen LogP contribution in [-0.4, -0.2) is 19.5 Å². The Bertz CT molecular complexity index is 271. The molecule has 0 saturated carbocycles. The molecule has 0 aromatic heterocycles. The van der Waals surface area contributed by atoms with Gasteiger partial charge in [0, 0.05) is 6.07 Å². The van der Waals surface area contributed by atoms with E-state index in [1.807, 2.05) is 19.1 Å². The van der Waals surface area contributed by atoms with Crippen LogP contribution in [-0.2, 0) is 4.79 Å². The van der Waals surface area contributed by atoms with Crippen LogP contribution in [0.5, 0.6) is 11.5 Å². The molecule has 0 aliphatic heterocycles. The molecule has 0 spiro atoms. The lowest BCUT2D eigenvalue weighted by Crippen LogP contribution is -1.98. The van der Waals surface area contributed by atoms with Gasteiger partial charge in [-0.3, -0.25) is 4.79 Å². The molecule has 3 nitrogen and oxygen atoms in total. The standard InChI is InChI=1S/C10H12O3/c1-2-12-9-4-3-5-10(8-9)13-7-6-11/h3-6,8H,2,7H2,1H3. The molecule has 0 fully saturated rings. The first-order chi connectivity index (χ1) is 6.36. The summed E-state index contributed by atoms with van der Waals surface area (Å²) in [5, 5.41) is 0. The van der Waals surface area contributed by atoms with Gasteiger partial charge in [0.25, 0.3) is 0 Å². The summed E-state index contributed by atoms with van der Waals surface area (Å²) in [6.45, 7) is 2.62. The second-order valence-corrected chi connectivity index (χ2v) is 2.39. The number of hydrogen-bond acceptors (Lipinski definition) is 3. The van der Waals surface area contributed by atoms with Crippen LogP contribution in [0, 0.1) is 0 Å². The van der Waals surface area contributed by atoms with Gasteiger partial charge in [-0.25, -0.2) is 0 Å². The van der Waals surface area contributed by atoms with Gasteiger partial charge in [-0.1, -0.05) is 6.07 Å². The Morgan fingerprint density at radius 3 is 2.62 bits per heavy atom. The lowest BCUT2D eigenvalue weighted by Gasteiger charge is -2.05. The lowest BCUT2D eigenvalue weighted by atomic mass is 10.3. The maximum atomic E-state index is 10.0. The summed E-state index contributed by atoms with van der Waals surface area (Å²) >= 11 is 0. The number of aldehydes is 1. The number of carbonyl (C=O) groups is 1. The van der Waals surface area contributed by atoms with E-state index in [0.29, 0.717) is 18.6 Å². The van der Waals surface area contributed by atoms with Crippen molar-refractivity contribution in [1.82, 2.24) is 0 Å². The van der Waals surface area contributed by atoms with Crippen molar-refractivity contribution in [3.05, 3.63) is 24.3 Å². The summed E-state index contributed by atoms with van der Waals surface area (Å²) in [6, 6.07) is 7.21. The van der Waals surface area contributed by atoms with Gasteiger partial charge in [-0.05, 0) is 19.1 Å². The maximum Gasteiger partial charge on any atom is 0.157 e. The van der Waals surface area contributed by atoms with Crippen LogP contribution in [0.15, 0.2) is 24.3 Å². The van der Waals surface area contributed by atoms with E-state index in [2.05, 4.69) is 0 Å². The lowest BCUT2D eigenvalue weighted by molar-refractivity contribution is -0.109. The molecule has 70 valence electrons. The Morgan fingerprint density at radius 1 is 1.31 bits per heavy atom. The van der Waals surface area contributed by atoms with Gasteiger partial charge in [0.15, 0.2) is 6.29 Å². The molecule has 0 radical (unpaired) electrons. The molecule has 1 rings (SSSR count). The fourth-order valence-electron chi connectivity index (χ4n) is 0.951. The van der Waals surface area contributed by atoms with Crippen LogP contribution in [0.2, 0.25) is 0 Å². The van der Waals surface area contributed by atoms with E-state index < -0.39 is 0 Å². The molecule has 13 heavy (non-hydrogen) atoms. The van der Waals surface area contributed by atoms with Gasteiger partial charge >= 0.3 is 0 Å². The number of benzene rings is 1. The van der Waals surface area contributed by atoms with E-state index in [9.17, 15) is 4.79 Å². The van der Waals surface area contributed by atoms with Crippen molar-refractivity contribution in [3.8, 4) is 11.5 Å². The van der Waals surface area contributed by atoms with Gasteiger partial charge in [0.1, 0.15) is 18.1 Å². The minimum Gasteiger partial charge on any atom is -0.494 e. The molecular weight excluding hydrogens is 168 g/mol. The normalized spacial score (nSPS) is 9.31. The Hall–Kier alpha value is -1.51. The van der Waals surface area contributed by atoms with Gasteiger partial charge < -0.3 is 9.47 Å². The first-order valence-corrected chi connectivity index (χ1v) is 4.16. The predicted octanol–water partition coefficient (Wildman–Crippen LogP) is 1.66. The van der Waals surface area contributed by atoms with Crippen LogP contribution in [0.3, 0.4) is 0 Å². The SMILES string of the molecule is CCOc1cccc(OCC=O)c1. The van der Waals surface area contributed by atoms with Crippen molar-refractivity contribution >= 4 is 6.29 Å². The Kier molecular flexibility index (Phi) is 3.82. The monoisotopic (exact) mass is 180 g/mol. The van der Waals surface area contributed by atoms with Gasteiger partial charge in [0.05, 0.1) is 6.61 Å². The molecule has 0 saturated heterocycles. The first-order valence-electron chi connectivity index (χ1n) is 4.16. The number of hydrogen-bond donors (Lipinski definition) is 0. The summed E-state index contributed by atoms with van der Waals surface area (Å²) < 4.78 is 10.4. The smallest absolute Gasteiger partial charge is 0.157 e. The zero-order chi connectivity index (χ0) is 9.52. The number of rotatable bonds is 5. The Labute approximate surface area is 77.3 Å². The molecular formula is C10H12O3. The Balaban J connectivity index is 2.61. The van der Waals surface area contributed by atoms with Crippen LogP contribution >= 0.6 is 0 Å².